The zero-order chi connectivity index (χ0) is 18.8. The first-order valence-electron chi connectivity index (χ1n) is 8.33. The van der Waals surface area contributed by atoms with Gasteiger partial charge in [0.2, 0.25) is 10.9 Å². The van der Waals surface area contributed by atoms with E-state index in [0.29, 0.717) is 23.1 Å². The summed E-state index contributed by atoms with van der Waals surface area (Å²) in [7, 11) is 1.46. The number of aromatic nitrogens is 1. The van der Waals surface area contributed by atoms with Crippen LogP contribution in [0.4, 0.5) is 10.8 Å². The lowest BCUT2D eigenvalue weighted by Gasteiger charge is -2.11. The second kappa shape index (κ2) is 10.3. The Hall–Kier alpha value is -2.68. The fourth-order valence-corrected chi connectivity index (χ4v) is 2.74. The number of thiazole rings is 1. The maximum absolute atomic E-state index is 11.4. The predicted octanol–water partition coefficient (Wildman–Crippen LogP) is 4.47. The van der Waals surface area contributed by atoms with Crippen molar-refractivity contribution in [3.8, 4) is 11.5 Å². The van der Waals surface area contributed by atoms with Gasteiger partial charge in [0, 0.05) is 23.2 Å². The number of anilines is 1. The lowest BCUT2D eigenvalue weighted by Crippen LogP contribution is -2.04. The lowest BCUT2D eigenvalue weighted by molar-refractivity contribution is -0.386. The molecule has 8 nitrogen and oxygen atoms in total. The number of ether oxygens (including phenoxy) is 2. The van der Waals surface area contributed by atoms with Crippen molar-refractivity contribution in [2.75, 3.05) is 19.1 Å². The van der Waals surface area contributed by atoms with Crippen LogP contribution >= 0.6 is 11.3 Å². The maximum Gasteiger partial charge on any atom is 0.315 e. The van der Waals surface area contributed by atoms with Crippen LogP contribution in [0.1, 0.15) is 38.2 Å². The summed E-state index contributed by atoms with van der Waals surface area (Å²) in [6, 6.07) is 3.07. The van der Waals surface area contributed by atoms with Crippen molar-refractivity contribution in [1.82, 2.24) is 4.98 Å². The van der Waals surface area contributed by atoms with Gasteiger partial charge >= 0.3 is 5.69 Å². The minimum Gasteiger partial charge on any atom is -0.493 e. The van der Waals surface area contributed by atoms with E-state index in [9.17, 15) is 10.1 Å². The van der Waals surface area contributed by atoms with Gasteiger partial charge in [0.15, 0.2) is 5.75 Å². The van der Waals surface area contributed by atoms with Crippen molar-refractivity contribution in [3.63, 3.8) is 0 Å². The van der Waals surface area contributed by atoms with Crippen molar-refractivity contribution >= 4 is 28.4 Å². The SMILES string of the molecule is CCCCCCOc1c(OC)cc(/C=N\Nc2nccs2)cc1[N+](=O)[O-]. The predicted molar refractivity (Wildman–Crippen MR) is 103 cm³/mol. The summed E-state index contributed by atoms with van der Waals surface area (Å²) in [5, 5.41) is 17.9. The third kappa shape index (κ3) is 5.69. The molecule has 0 aliphatic carbocycles. The molecule has 1 aromatic carbocycles. The van der Waals surface area contributed by atoms with E-state index in [4.69, 9.17) is 9.47 Å². The van der Waals surface area contributed by atoms with Crippen molar-refractivity contribution in [2.24, 2.45) is 5.10 Å². The summed E-state index contributed by atoms with van der Waals surface area (Å²) in [6.45, 7) is 2.54. The molecule has 0 saturated heterocycles. The van der Waals surface area contributed by atoms with Crippen LogP contribution in [0.15, 0.2) is 28.8 Å². The Labute approximate surface area is 156 Å². The fourth-order valence-electron chi connectivity index (χ4n) is 2.26. The van der Waals surface area contributed by atoms with E-state index in [1.165, 1.54) is 30.7 Å². The highest BCUT2D eigenvalue weighted by atomic mass is 32.1. The highest BCUT2D eigenvalue weighted by Gasteiger charge is 2.22. The molecule has 0 aliphatic heterocycles. The van der Waals surface area contributed by atoms with Crippen molar-refractivity contribution in [2.45, 2.75) is 32.6 Å². The first kappa shape index (κ1) is 19.6. The minimum atomic E-state index is -0.477. The fraction of sp³-hybridized carbons (Fsp3) is 0.412. The Kier molecular flexibility index (Phi) is 7.81. The number of hydrogen-bond donors (Lipinski definition) is 1. The number of hydrogen-bond acceptors (Lipinski definition) is 8. The van der Waals surface area contributed by atoms with Gasteiger partial charge in [-0.1, -0.05) is 26.2 Å². The molecule has 0 bridgehead atoms. The van der Waals surface area contributed by atoms with Crippen LogP contribution in [0.5, 0.6) is 11.5 Å². The van der Waals surface area contributed by atoms with E-state index < -0.39 is 4.92 Å². The molecule has 0 atom stereocenters. The van der Waals surface area contributed by atoms with Crippen LogP contribution in [0, 0.1) is 10.1 Å². The van der Waals surface area contributed by atoms with Crippen LogP contribution in [-0.4, -0.2) is 29.8 Å². The molecule has 2 aromatic rings. The summed E-state index contributed by atoms with van der Waals surface area (Å²) in [5.41, 5.74) is 3.14. The smallest absolute Gasteiger partial charge is 0.315 e. The second-order valence-electron chi connectivity index (χ2n) is 5.44. The van der Waals surface area contributed by atoms with Crippen molar-refractivity contribution in [3.05, 3.63) is 39.4 Å². The number of nitro groups is 1. The largest absolute Gasteiger partial charge is 0.493 e. The van der Waals surface area contributed by atoms with Gasteiger partial charge in [-0.05, 0) is 12.5 Å². The number of unbranched alkanes of at least 4 members (excludes halogenated alkanes) is 3. The monoisotopic (exact) mass is 378 g/mol. The van der Waals surface area contributed by atoms with Crippen LogP contribution < -0.4 is 14.9 Å². The van der Waals surface area contributed by atoms with E-state index in [1.54, 1.807) is 12.3 Å². The summed E-state index contributed by atoms with van der Waals surface area (Å²) in [6.07, 6.45) is 7.23. The Bertz CT molecular complexity index is 735. The van der Waals surface area contributed by atoms with Gasteiger partial charge in [-0.25, -0.2) is 4.98 Å². The quantitative estimate of drug-likeness (QED) is 0.268. The van der Waals surface area contributed by atoms with E-state index in [1.807, 2.05) is 5.38 Å². The van der Waals surface area contributed by atoms with Crippen molar-refractivity contribution in [1.29, 1.82) is 0 Å². The number of nitro benzene ring substituents is 1. The molecule has 0 spiro atoms. The van der Waals surface area contributed by atoms with Crippen LogP contribution in [0.2, 0.25) is 0 Å². The average Bonchev–Trinajstić information content (AvgIpc) is 3.15. The normalized spacial score (nSPS) is 10.8. The molecule has 0 aliphatic rings. The molecule has 0 fully saturated rings. The standard InChI is InChI=1S/C17H22N4O4S/c1-3-4-5-6-8-25-16-14(21(22)23)10-13(11-15(16)24-2)12-19-20-17-18-7-9-26-17/h7,9-12H,3-6,8H2,1-2H3,(H,18,20)/b19-12-. The lowest BCUT2D eigenvalue weighted by atomic mass is 10.1. The number of rotatable bonds is 11. The number of hydrazone groups is 1. The maximum atomic E-state index is 11.4. The summed E-state index contributed by atoms with van der Waals surface area (Å²) in [5.74, 6) is 0.462. The van der Waals surface area contributed by atoms with Gasteiger partial charge in [0.1, 0.15) is 0 Å². The number of nitrogens with zero attached hydrogens (tertiary/aromatic N) is 3. The molecule has 0 radical (unpaired) electrons. The third-order valence-corrected chi connectivity index (χ3v) is 4.20. The Morgan fingerprint density at radius 3 is 2.88 bits per heavy atom. The summed E-state index contributed by atoms with van der Waals surface area (Å²) >= 11 is 1.40. The number of methoxy groups -OCH3 is 1. The van der Waals surface area contributed by atoms with Crippen molar-refractivity contribution < 1.29 is 14.4 Å². The van der Waals surface area contributed by atoms with Gasteiger partial charge in [-0.2, -0.15) is 5.10 Å². The molecule has 1 heterocycles. The van der Waals surface area contributed by atoms with Gasteiger partial charge < -0.3 is 9.47 Å². The molecule has 1 aromatic heterocycles. The Balaban J connectivity index is 2.14. The first-order chi connectivity index (χ1) is 12.7. The van der Waals surface area contributed by atoms with E-state index in [2.05, 4.69) is 22.4 Å². The molecule has 140 valence electrons. The van der Waals surface area contributed by atoms with Gasteiger partial charge in [0.25, 0.3) is 0 Å². The minimum absolute atomic E-state index is 0.143. The summed E-state index contributed by atoms with van der Waals surface area (Å²) < 4.78 is 10.9. The summed E-state index contributed by atoms with van der Waals surface area (Å²) in [4.78, 5) is 15.0. The molecular formula is C17H22N4O4S. The average molecular weight is 378 g/mol. The first-order valence-corrected chi connectivity index (χ1v) is 9.21. The highest BCUT2D eigenvalue weighted by molar-refractivity contribution is 7.13. The van der Waals surface area contributed by atoms with E-state index in [0.717, 1.165) is 25.7 Å². The van der Waals surface area contributed by atoms with E-state index >= 15 is 0 Å². The number of nitrogens with one attached hydrogen (secondary N) is 1. The second-order valence-corrected chi connectivity index (χ2v) is 6.34. The molecule has 0 unspecified atom stereocenters. The highest BCUT2D eigenvalue weighted by Crippen LogP contribution is 2.38. The van der Waals surface area contributed by atoms with Gasteiger partial charge in [0.05, 0.1) is 24.9 Å². The molecule has 1 N–H and O–H groups in total. The third-order valence-electron chi connectivity index (χ3n) is 3.52. The van der Waals surface area contributed by atoms with Crippen LogP contribution in [0.25, 0.3) is 0 Å². The molecule has 26 heavy (non-hydrogen) atoms. The Morgan fingerprint density at radius 2 is 2.23 bits per heavy atom. The van der Waals surface area contributed by atoms with Gasteiger partial charge in [-0.15, -0.1) is 11.3 Å². The zero-order valence-corrected chi connectivity index (χ0v) is 15.6. The number of benzene rings is 1. The molecule has 2 rings (SSSR count). The Morgan fingerprint density at radius 1 is 1.38 bits per heavy atom. The molecular weight excluding hydrogens is 356 g/mol. The van der Waals surface area contributed by atoms with Gasteiger partial charge in [-0.3, -0.25) is 15.5 Å². The molecule has 9 heteroatoms. The van der Waals surface area contributed by atoms with E-state index in [-0.39, 0.29) is 11.4 Å². The topological polar surface area (TPSA) is 98.9 Å². The van der Waals surface area contributed by atoms with Crippen LogP contribution in [-0.2, 0) is 0 Å². The van der Waals surface area contributed by atoms with Crippen LogP contribution in [0.3, 0.4) is 0 Å². The molecule has 0 amide bonds. The zero-order valence-electron chi connectivity index (χ0n) is 14.8. The molecule has 0 saturated carbocycles.